The molecule has 0 spiro atoms. The second-order valence-corrected chi connectivity index (χ2v) is 20.1. The van der Waals surface area contributed by atoms with Gasteiger partial charge in [0, 0.05) is 22.8 Å². The van der Waals surface area contributed by atoms with Gasteiger partial charge in [-0.15, -0.1) is 22.7 Å². The first kappa shape index (κ1) is 50.0. The monoisotopic (exact) mass is 922 g/mol. The molecule has 2 aliphatic heterocycles. The first-order valence-corrected chi connectivity index (χ1v) is 26.2. The Hall–Kier alpha value is -4.47. The van der Waals surface area contributed by atoms with Crippen LogP contribution in [-0.4, -0.2) is 34.7 Å². The molecule has 0 unspecified atom stereocenters. The van der Waals surface area contributed by atoms with Crippen LogP contribution >= 0.6 is 22.7 Å². The van der Waals surface area contributed by atoms with Gasteiger partial charge in [0.25, 0.3) is 11.8 Å². The Balaban J connectivity index is 1.27. The van der Waals surface area contributed by atoms with Gasteiger partial charge in [-0.2, -0.15) is 13.2 Å². The van der Waals surface area contributed by atoms with Crippen LogP contribution in [0.15, 0.2) is 83.9 Å². The Morgan fingerprint density at radius 2 is 0.815 bits per heavy atom. The molecule has 9 heteroatoms. The van der Waals surface area contributed by atoms with Gasteiger partial charge in [-0.25, -0.2) is 0 Å². The molecule has 2 aromatic carbocycles. The zero-order valence-corrected chi connectivity index (χ0v) is 40.6. The predicted octanol–water partition coefficient (Wildman–Crippen LogP) is 17.1. The molecule has 348 valence electrons. The van der Waals surface area contributed by atoms with Crippen molar-refractivity contribution >= 4 is 70.2 Å². The highest BCUT2D eigenvalue weighted by molar-refractivity contribution is 7.14. The smallest absolute Gasteiger partial charge is 0.306 e. The zero-order valence-electron chi connectivity index (χ0n) is 39.0. The molecular weight excluding hydrogens is 854 g/mol. The summed E-state index contributed by atoms with van der Waals surface area (Å²) in [7, 11) is 0. The van der Waals surface area contributed by atoms with Gasteiger partial charge in [0.2, 0.25) is 0 Å². The van der Waals surface area contributed by atoms with Crippen LogP contribution in [0.3, 0.4) is 0 Å². The maximum atomic E-state index is 15.0. The molecule has 0 aliphatic carbocycles. The second kappa shape index (κ2) is 25.4. The van der Waals surface area contributed by atoms with Crippen molar-refractivity contribution in [3.63, 3.8) is 0 Å². The molecule has 4 heterocycles. The summed E-state index contributed by atoms with van der Waals surface area (Å²) in [6.07, 6.45) is 27.3. The topological polar surface area (TPSA) is 40.6 Å². The summed E-state index contributed by atoms with van der Waals surface area (Å²) in [4.78, 5) is 37.4. The molecule has 0 bridgehead atoms. The molecule has 6 rings (SSSR count). The number of nitrogens with zero attached hydrogens (tertiary/aromatic N) is 2. The van der Waals surface area contributed by atoms with E-state index in [4.69, 9.17) is 0 Å². The lowest BCUT2D eigenvalue weighted by Crippen LogP contribution is -2.30. The Kier molecular flexibility index (Phi) is 19.6. The summed E-state index contributed by atoms with van der Waals surface area (Å²) in [5.41, 5.74) is 4.71. The van der Waals surface area contributed by atoms with E-state index < -0.39 is 11.7 Å². The normalized spacial score (nSPS) is 14.5. The third-order valence-electron chi connectivity index (χ3n) is 12.6. The first-order valence-electron chi connectivity index (χ1n) is 24.5. The lowest BCUT2D eigenvalue weighted by Gasteiger charge is -2.24. The standard InChI is InChI=1S/C56H69F3N2O2S2/c1-4-6-8-10-12-14-16-18-20-22-40-60-52(48-38-36-46(64-48)34-30-43-26-24-42(3)25-27-43)50-51(55(60)63)53(61(54(50)62)41-23-21-19-17-15-13-11-9-7-5-2)49-39-37-47(65-49)35-31-44-28-32-45(33-29-44)56(57,58)59/h24-39H,4-23,40-41H2,1-3H3/b34-30+,35-31+. The number of fused-ring (bicyclic) bond motifs is 1. The van der Waals surface area contributed by atoms with E-state index in [1.165, 1.54) is 119 Å². The molecule has 0 atom stereocenters. The number of carbonyl (C=O) groups is 2. The van der Waals surface area contributed by atoms with Crippen molar-refractivity contribution in [2.75, 3.05) is 13.1 Å². The quantitative estimate of drug-likeness (QED) is 0.0533. The molecule has 65 heavy (non-hydrogen) atoms. The lowest BCUT2D eigenvalue weighted by molar-refractivity contribution is -0.137. The van der Waals surface area contributed by atoms with Gasteiger partial charge in [-0.05, 0) is 79.4 Å². The number of thiophene rings is 2. The highest BCUT2D eigenvalue weighted by Gasteiger charge is 2.49. The number of halogens is 3. The summed E-state index contributed by atoms with van der Waals surface area (Å²) in [6, 6.07) is 21.6. The van der Waals surface area contributed by atoms with E-state index in [0.29, 0.717) is 35.5 Å². The minimum absolute atomic E-state index is 0.111. The largest absolute Gasteiger partial charge is 0.416 e. The van der Waals surface area contributed by atoms with Crippen molar-refractivity contribution < 1.29 is 22.8 Å². The Morgan fingerprint density at radius 1 is 0.462 bits per heavy atom. The van der Waals surface area contributed by atoms with E-state index in [1.807, 2.05) is 28.0 Å². The maximum Gasteiger partial charge on any atom is 0.416 e. The summed E-state index contributed by atoms with van der Waals surface area (Å²) in [5, 5.41) is 0. The van der Waals surface area contributed by atoms with Gasteiger partial charge < -0.3 is 9.80 Å². The molecule has 0 N–H and O–H groups in total. The van der Waals surface area contributed by atoms with Gasteiger partial charge in [-0.1, -0.05) is 184 Å². The van der Waals surface area contributed by atoms with Gasteiger partial charge in [0.15, 0.2) is 0 Å². The number of aryl methyl sites for hydroxylation is 1. The van der Waals surface area contributed by atoms with Crippen LogP contribution in [0.5, 0.6) is 0 Å². The van der Waals surface area contributed by atoms with Gasteiger partial charge >= 0.3 is 6.18 Å². The second-order valence-electron chi connectivity index (χ2n) is 17.8. The highest BCUT2D eigenvalue weighted by Crippen LogP contribution is 2.49. The summed E-state index contributed by atoms with van der Waals surface area (Å²) < 4.78 is 39.7. The van der Waals surface area contributed by atoms with Crippen LogP contribution in [-0.2, 0) is 15.8 Å². The molecule has 0 fully saturated rings. The summed E-state index contributed by atoms with van der Waals surface area (Å²) in [5.74, 6) is -0.222. The Labute approximate surface area is 395 Å². The van der Waals surface area contributed by atoms with Crippen molar-refractivity contribution in [3.05, 3.63) is 126 Å². The number of hydrogen-bond acceptors (Lipinski definition) is 4. The summed E-state index contributed by atoms with van der Waals surface area (Å²) in [6.45, 7) is 7.65. The average molecular weight is 923 g/mol. The first-order chi connectivity index (χ1) is 31.6. The van der Waals surface area contributed by atoms with Crippen molar-refractivity contribution in [2.45, 2.75) is 155 Å². The van der Waals surface area contributed by atoms with Crippen LogP contribution in [0, 0.1) is 6.92 Å². The predicted molar refractivity (Wildman–Crippen MR) is 270 cm³/mol. The van der Waals surface area contributed by atoms with E-state index >= 15 is 0 Å². The fourth-order valence-electron chi connectivity index (χ4n) is 8.81. The van der Waals surface area contributed by atoms with Crippen molar-refractivity contribution in [1.82, 2.24) is 9.80 Å². The number of rotatable bonds is 28. The van der Waals surface area contributed by atoms with Crippen LogP contribution in [0.4, 0.5) is 13.2 Å². The van der Waals surface area contributed by atoms with E-state index in [1.54, 1.807) is 17.4 Å². The molecule has 0 saturated heterocycles. The minimum atomic E-state index is -4.39. The third kappa shape index (κ3) is 14.3. The Morgan fingerprint density at radius 3 is 1.18 bits per heavy atom. The maximum absolute atomic E-state index is 15.0. The number of amides is 2. The molecule has 4 nitrogen and oxygen atoms in total. The molecule has 0 saturated carbocycles. The summed E-state index contributed by atoms with van der Waals surface area (Å²) >= 11 is 3.11. The SMILES string of the molecule is CCCCCCCCCCCCN1C(=O)C2=C(c3ccc(/C=C/c4ccc(C(F)(F)F)cc4)s3)N(CCCCCCCCCCCC)C(=O)C2=C1c1ccc(/C=C/c2ccc(C)cc2)s1. The van der Waals surface area contributed by atoms with Gasteiger partial charge in [-0.3, -0.25) is 9.59 Å². The molecule has 2 aliphatic rings. The fraction of sp³-hybridized carbons (Fsp3) is 0.464. The molecule has 2 amide bonds. The van der Waals surface area contributed by atoms with Crippen molar-refractivity contribution in [1.29, 1.82) is 0 Å². The highest BCUT2D eigenvalue weighted by atomic mass is 32.1. The average Bonchev–Trinajstić information content (AvgIpc) is 4.09. The minimum Gasteiger partial charge on any atom is -0.306 e. The number of unbranched alkanes of at least 4 members (excludes halogenated alkanes) is 18. The number of hydrogen-bond donors (Lipinski definition) is 0. The Bertz CT molecular complexity index is 2260. The van der Waals surface area contributed by atoms with Crippen molar-refractivity contribution in [2.24, 2.45) is 0 Å². The van der Waals surface area contributed by atoms with Crippen molar-refractivity contribution in [3.8, 4) is 0 Å². The van der Waals surface area contributed by atoms with Crippen LogP contribution in [0.2, 0.25) is 0 Å². The number of carbonyl (C=O) groups excluding carboxylic acids is 2. The van der Waals surface area contributed by atoms with Crippen LogP contribution < -0.4 is 0 Å². The lowest BCUT2D eigenvalue weighted by atomic mass is 10.1. The molecule has 2 aromatic heterocycles. The van der Waals surface area contributed by atoms with E-state index in [0.717, 1.165) is 81.4 Å². The van der Waals surface area contributed by atoms with E-state index in [-0.39, 0.29) is 11.8 Å². The van der Waals surface area contributed by atoms with Gasteiger partial charge in [0.1, 0.15) is 0 Å². The van der Waals surface area contributed by atoms with E-state index in [2.05, 4.69) is 69.3 Å². The zero-order chi connectivity index (χ0) is 46.0. The fourth-order valence-corrected chi connectivity index (χ4v) is 10.7. The van der Waals surface area contributed by atoms with E-state index in [9.17, 15) is 22.8 Å². The van der Waals surface area contributed by atoms with Crippen LogP contribution in [0.25, 0.3) is 35.7 Å². The number of benzene rings is 2. The van der Waals surface area contributed by atoms with Crippen LogP contribution in [0.1, 0.15) is 184 Å². The molecular formula is C56H69F3N2O2S2. The third-order valence-corrected chi connectivity index (χ3v) is 14.7. The van der Waals surface area contributed by atoms with Gasteiger partial charge in [0.05, 0.1) is 37.9 Å². The molecule has 4 aromatic rings. The molecule has 0 radical (unpaired) electrons. The number of alkyl halides is 3.